The molecule has 2 saturated carbocycles. The number of rotatable bonds is 4. The molecule has 0 bridgehead atoms. The first-order valence-corrected chi connectivity index (χ1v) is 6.28. The quantitative estimate of drug-likeness (QED) is 0.858. The summed E-state index contributed by atoms with van der Waals surface area (Å²) in [6, 6.07) is 4.33. The van der Waals surface area contributed by atoms with Gasteiger partial charge in [-0.25, -0.2) is 9.97 Å². The van der Waals surface area contributed by atoms with E-state index in [4.69, 9.17) is 5.26 Å². The molecule has 2 aliphatic carbocycles. The molecule has 0 aliphatic heterocycles. The van der Waals surface area contributed by atoms with Gasteiger partial charge in [-0.2, -0.15) is 5.26 Å². The summed E-state index contributed by atoms with van der Waals surface area (Å²) >= 11 is 0. The molecule has 4 heteroatoms. The zero-order chi connectivity index (χ0) is 11.8. The van der Waals surface area contributed by atoms with Crippen molar-refractivity contribution in [1.29, 1.82) is 5.26 Å². The highest BCUT2D eigenvalue weighted by Crippen LogP contribution is 2.45. The zero-order valence-corrected chi connectivity index (χ0v) is 9.98. The molecule has 0 unspecified atom stereocenters. The van der Waals surface area contributed by atoms with E-state index in [1.165, 1.54) is 25.7 Å². The van der Waals surface area contributed by atoms with Crippen molar-refractivity contribution >= 4 is 5.95 Å². The fourth-order valence-corrected chi connectivity index (χ4v) is 2.37. The zero-order valence-electron chi connectivity index (χ0n) is 9.98. The van der Waals surface area contributed by atoms with Crippen LogP contribution in [0.25, 0.3) is 0 Å². The van der Waals surface area contributed by atoms with Crippen molar-refractivity contribution in [2.45, 2.75) is 38.6 Å². The fraction of sp³-hybridized carbons (Fsp3) is 0.615. The summed E-state index contributed by atoms with van der Waals surface area (Å²) in [5.74, 6) is 2.24. The van der Waals surface area contributed by atoms with Crippen LogP contribution in [0.4, 0.5) is 5.95 Å². The molecule has 1 N–H and O–H groups in total. The lowest BCUT2D eigenvalue weighted by Crippen LogP contribution is -2.25. The number of nitriles is 1. The van der Waals surface area contributed by atoms with E-state index in [0.29, 0.717) is 17.7 Å². The molecule has 2 fully saturated rings. The van der Waals surface area contributed by atoms with Crippen molar-refractivity contribution in [2.75, 3.05) is 5.32 Å². The fourth-order valence-electron chi connectivity index (χ4n) is 2.37. The predicted molar refractivity (Wildman–Crippen MR) is 64.3 cm³/mol. The predicted octanol–water partition coefficient (Wildman–Crippen LogP) is 2.26. The number of aromatic nitrogens is 2. The van der Waals surface area contributed by atoms with E-state index in [0.717, 1.165) is 17.5 Å². The van der Waals surface area contributed by atoms with Crippen molar-refractivity contribution in [3.63, 3.8) is 0 Å². The molecule has 0 radical (unpaired) electrons. The van der Waals surface area contributed by atoms with Crippen molar-refractivity contribution in [1.82, 2.24) is 9.97 Å². The molecule has 88 valence electrons. The van der Waals surface area contributed by atoms with Gasteiger partial charge in [-0.3, -0.25) is 0 Å². The van der Waals surface area contributed by atoms with Crippen molar-refractivity contribution in [2.24, 2.45) is 11.8 Å². The number of hydrogen-bond donors (Lipinski definition) is 1. The Labute approximate surface area is 101 Å². The largest absolute Gasteiger partial charge is 0.351 e. The maximum Gasteiger partial charge on any atom is 0.224 e. The van der Waals surface area contributed by atoms with Crippen LogP contribution in [-0.4, -0.2) is 16.0 Å². The van der Waals surface area contributed by atoms with Crippen LogP contribution >= 0.6 is 0 Å². The van der Waals surface area contributed by atoms with Gasteiger partial charge in [-0.05, 0) is 50.5 Å². The average Bonchev–Trinajstić information content (AvgIpc) is 3.16. The molecule has 0 aromatic carbocycles. The van der Waals surface area contributed by atoms with Crippen LogP contribution < -0.4 is 5.32 Å². The van der Waals surface area contributed by atoms with Gasteiger partial charge in [-0.1, -0.05) is 0 Å². The third kappa shape index (κ3) is 2.38. The van der Waals surface area contributed by atoms with Crippen LogP contribution in [0, 0.1) is 30.1 Å². The van der Waals surface area contributed by atoms with E-state index in [1.807, 2.05) is 6.92 Å². The second-order valence-corrected chi connectivity index (χ2v) is 5.17. The van der Waals surface area contributed by atoms with Gasteiger partial charge in [0.2, 0.25) is 5.95 Å². The normalized spacial score (nSPS) is 19.1. The average molecular weight is 228 g/mol. The van der Waals surface area contributed by atoms with Crippen LogP contribution in [0.3, 0.4) is 0 Å². The third-order valence-corrected chi connectivity index (χ3v) is 3.52. The lowest BCUT2D eigenvalue weighted by molar-refractivity contribution is 0.563. The molecular formula is C13H16N4. The summed E-state index contributed by atoms with van der Waals surface area (Å²) in [4.78, 5) is 8.60. The van der Waals surface area contributed by atoms with Gasteiger partial charge in [-0.15, -0.1) is 0 Å². The summed E-state index contributed by atoms with van der Waals surface area (Å²) in [5, 5.41) is 12.3. The van der Waals surface area contributed by atoms with Gasteiger partial charge in [0.25, 0.3) is 0 Å². The number of aryl methyl sites for hydroxylation is 1. The molecule has 1 aromatic heterocycles. The summed E-state index contributed by atoms with van der Waals surface area (Å²) < 4.78 is 0. The summed E-state index contributed by atoms with van der Waals surface area (Å²) in [6.07, 6.45) is 5.30. The maximum atomic E-state index is 8.90. The van der Waals surface area contributed by atoms with Crippen molar-refractivity contribution in [3.8, 4) is 6.07 Å². The molecule has 3 rings (SSSR count). The first kappa shape index (κ1) is 10.5. The van der Waals surface area contributed by atoms with Gasteiger partial charge in [0.1, 0.15) is 11.8 Å². The van der Waals surface area contributed by atoms with Crippen molar-refractivity contribution in [3.05, 3.63) is 17.5 Å². The van der Waals surface area contributed by atoms with Gasteiger partial charge in [0.15, 0.2) is 0 Å². The van der Waals surface area contributed by atoms with E-state index < -0.39 is 0 Å². The van der Waals surface area contributed by atoms with E-state index in [9.17, 15) is 0 Å². The van der Waals surface area contributed by atoms with Crippen molar-refractivity contribution < 1.29 is 0 Å². The molecule has 2 aliphatic rings. The van der Waals surface area contributed by atoms with Gasteiger partial charge < -0.3 is 5.32 Å². The second kappa shape index (κ2) is 3.99. The minimum atomic E-state index is 0.449. The lowest BCUT2D eigenvalue weighted by Gasteiger charge is -2.17. The Hall–Kier alpha value is -1.63. The van der Waals surface area contributed by atoms with Gasteiger partial charge >= 0.3 is 0 Å². The van der Waals surface area contributed by atoms with E-state index in [1.54, 1.807) is 6.07 Å². The molecule has 0 amide bonds. The molecule has 4 nitrogen and oxygen atoms in total. The van der Waals surface area contributed by atoms with Crippen LogP contribution in [0.5, 0.6) is 0 Å². The summed E-state index contributed by atoms with van der Waals surface area (Å²) in [6.45, 7) is 1.90. The molecule has 0 saturated heterocycles. The highest BCUT2D eigenvalue weighted by atomic mass is 15.1. The van der Waals surface area contributed by atoms with Crippen LogP contribution in [0.15, 0.2) is 6.07 Å². The van der Waals surface area contributed by atoms with Crippen LogP contribution in [-0.2, 0) is 0 Å². The molecule has 17 heavy (non-hydrogen) atoms. The Balaban J connectivity index is 1.78. The molecular weight excluding hydrogens is 212 g/mol. The van der Waals surface area contributed by atoms with Gasteiger partial charge in [0.05, 0.1) is 0 Å². The number of nitrogens with one attached hydrogen (secondary N) is 1. The maximum absolute atomic E-state index is 8.90. The number of nitrogens with zero attached hydrogens (tertiary/aromatic N) is 3. The molecule has 0 spiro atoms. The minimum Gasteiger partial charge on any atom is -0.351 e. The highest BCUT2D eigenvalue weighted by Gasteiger charge is 2.41. The number of hydrogen-bond acceptors (Lipinski definition) is 4. The third-order valence-electron chi connectivity index (χ3n) is 3.52. The Kier molecular flexibility index (Phi) is 2.47. The Bertz CT molecular complexity index is 457. The first-order chi connectivity index (χ1) is 8.26. The Morgan fingerprint density at radius 3 is 2.47 bits per heavy atom. The number of anilines is 1. The summed E-state index contributed by atoms with van der Waals surface area (Å²) in [7, 11) is 0. The minimum absolute atomic E-state index is 0.449. The topological polar surface area (TPSA) is 61.6 Å². The lowest BCUT2D eigenvalue weighted by atomic mass is 10.1. The van der Waals surface area contributed by atoms with Gasteiger partial charge in [0, 0.05) is 11.7 Å². The van der Waals surface area contributed by atoms with Crippen LogP contribution in [0.1, 0.15) is 37.1 Å². The monoisotopic (exact) mass is 228 g/mol. The highest BCUT2D eigenvalue weighted by molar-refractivity contribution is 5.35. The molecule has 0 atom stereocenters. The standard InChI is InChI=1S/C13H16N4/c1-8-6-11(7-14)16-13(15-8)17-12(9-2-3-9)10-4-5-10/h6,9-10,12H,2-5H2,1H3,(H,15,16,17). The van der Waals surface area contributed by atoms with Crippen LogP contribution in [0.2, 0.25) is 0 Å². The van der Waals surface area contributed by atoms with E-state index in [2.05, 4.69) is 21.4 Å². The first-order valence-electron chi connectivity index (χ1n) is 6.28. The smallest absolute Gasteiger partial charge is 0.224 e. The van der Waals surface area contributed by atoms with E-state index >= 15 is 0 Å². The molecule has 1 aromatic rings. The second-order valence-electron chi connectivity index (χ2n) is 5.17. The Morgan fingerprint density at radius 2 is 1.94 bits per heavy atom. The SMILES string of the molecule is Cc1cc(C#N)nc(NC(C2CC2)C2CC2)n1. The van der Waals surface area contributed by atoms with E-state index in [-0.39, 0.29) is 0 Å². The Morgan fingerprint density at radius 1 is 1.29 bits per heavy atom. The molecule has 1 heterocycles. The summed E-state index contributed by atoms with van der Waals surface area (Å²) in [5.41, 5.74) is 1.30.